The van der Waals surface area contributed by atoms with Crippen LogP contribution in [0.5, 0.6) is 0 Å². The molecule has 0 saturated carbocycles. The maximum absolute atomic E-state index is 13.4. The fourth-order valence-electron chi connectivity index (χ4n) is 3.62. The first kappa shape index (κ1) is 19.8. The molecule has 148 valence electrons. The van der Waals surface area contributed by atoms with Gasteiger partial charge in [0, 0.05) is 23.8 Å². The highest BCUT2D eigenvalue weighted by Gasteiger charge is 2.24. The molecule has 1 aromatic carbocycles. The van der Waals surface area contributed by atoms with Crippen molar-refractivity contribution in [1.29, 1.82) is 0 Å². The molecule has 3 rings (SSSR count). The van der Waals surface area contributed by atoms with Crippen LogP contribution in [-0.4, -0.2) is 25.9 Å². The lowest BCUT2D eigenvalue weighted by atomic mass is 10.1. The molecule has 0 atom stereocenters. The fourth-order valence-corrected chi connectivity index (χ4v) is 3.62. The van der Waals surface area contributed by atoms with Crippen molar-refractivity contribution in [3.8, 4) is 0 Å². The quantitative estimate of drug-likeness (QED) is 0.660. The molecule has 2 aromatic heterocycles. The van der Waals surface area contributed by atoms with E-state index in [1.165, 1.54) is 17.0 Å². The number of aliphatic hydroxyl groups is 1. The number of nitrogens with zero attached hydrogens (tertiary/aromatic N) is 3. The van der Waals surface area contributed by atoms with Gasteiger partial charge in [0.15, 0.2) is 5.82 Å². The van der Waals surface area contributed by atoms with Crippen LogP contribution in [0, 0.1) is 19.7 Å². The number of rotatable bonds is 6. The highest BCUT2D eigenvalue weighted by Crippen LogP contribution is 2.33. The first-order chi connectivity index (χ1) is 13.4. The number of benzene rings is 1. The second kappa shape index (κ2) is 7.98. The SMILES string of the molecule is CCCn1c(CO)c(C)c2ccnc(N(Cc3ccc(F)cc3C)C(=O)O)c21. The van der Waals surface area contributed by atoms with Crippen LogP contribution >= 0.6 is 0 Å². The molecule has 1 amide bonds. The van der Waals surface area contributed by atoms with E-state index in [1.807, 2.05) is 24.5 Å². The Morgan fingerprint density at radius 1 is 1.29 bits per heavy atom. The van der Waals surface area contributed by atoms with Crippen molar-refractivity contribution in [2.45, 2.75) is 46.9 Å². The van der Waals surface area contributed by atoms with E-state index in [9.17, 15) is 19.4 Å². The Hall–Kier alpha value is -2.93. The van der Waals surface area contributed by atoms with Crippen molar-refractivity contribution in [2.75, 3.05) is 4.90 Å². The topological polar surface area (TPSA) is 78.6 Å². The lowest BCUT2D eigenvalue weighted by Crippen LogP contribution is -2.30. The highest BCUT2D eigenvalue weighted by atomic mass is 19.1. The first-order valence-corrected chi connectivity index (χ1v) is 9.22. The molecule has 0 aliphatic carbocycles. The zero-order valence-electron chi connectivity index (χ0n) is 16.2. The standard InChI is InChI=1S/C21H24FN3O3/c1-4-9-24-18(12-26)14(3)17-7-8-23-20(19(17)24)25(21(27)28)11-15-5-6-16(22)10-13(15)2/h5-8,10,26H,4,9,11-12H2,1-3H3,(H,27,28). The Morgan fingerprint density at radius 2 is 2.04 bits per heavy atom. The third-order valence-electron chi connectivity index (χ3n) is 5.05. The number of aryl methyl sites for hydroxylation is 3. The monoisotopic (exact) mass is 385 g/mol. The Morgan fingerprint density at radius 3 is 2.64 bits per heavy atom. The van der Waals surface area contributed by atoms with E-state index in [0.29, 0.717) is 29.0 Å². The van der Waals surface area contributed by atoms with E-state index >= 15 is 0 Å². The molecule has 3 aromatic rings. The van der Waals surface area contributed by atoms with Crippen LogP contribution in [-0.2, 0) is 19.7 Å². The fraction of sp³-hybridized carbons (Fsp3) is 0.333. The third-order valence-corrected chi connectivity index (χ3v) is 5.05. The molecule has 28 heavy (non-hydrogen) atoms. The normalized spacial score (nSPS) is 11.2. The molecule has 2 N–H and O–H groups in total. The summed E-state index contributed by atoms with van der Waals surface area (Å²) in [6.07, 6.45) is 1.26. The van der Waals surface area contributed by atoms with Gasteiger partial charge in [-0.2, -0.15) is 0 Å². The Balaban J connectivity index is 2.19. The Kier molecular flexibility index (Phi) is 5.65. The average Bonchev–Trinajstić information content (AvgIpc) is 2.93. The number of aromatic nitrogens is 2. The van der Waals surface area contributed by atoms with Crippen LogP contribution in [0.4, 0.5) is 15.0 Å². The lowest BCUT2D eigenvalue weighted by molar-refractivity contribution is 0.201. The average molecular weight is 385 g/mol. The minimum atomic E-state index is -1.14. The van der Waals surface area contributed by atoms with E-state index in [1.54, 1.807) is 19.2 Å². The molecule has 2 heterocycles. The van der Waals surface area contributed by atoms with Crippen molar-refractivity contribution in [3.63, 3.8) is 0 Å². The number of halogens is 1. The summed E-state index contributed by atoms with van der Waals surface area (Å²) in [4.78, 5) is 17.7. The van der Waals surface area contributed by atoms with E-state index in [2.05, 4.69) is 4.98 Å². The summed E-state index contributed by atoms with van der Waals surface area (Å²) in [7, 11) is 0. The molecular formula is C21H24FN3O3. The van der Waals surface area contributed by atoms with Gasteiger partial charge in [0.25, 0.3) is 0 Å². The summed E-state index contributed by atoms with van der Waals surface area (Å²) in [5, 5.41) is 20.6. The van der Waals surface area contributed by atoms with Crippen molar-refractivity contribution in [3.05, 3.63) is 58.7 Å². The maximum Gasteiger partial charge on any atom is 0.413 e. The minimum absolute atomic E-state index is 0.0539. The smallest absolute Gasteiger partial charge is 0.413 e. The zero-order chi connectivity index (χ0) is 20.4. The number of carbonyl (C=O) groups is 1. The number of hydrogen-bond acceptors (Lipinski definition) is 3. The van der Waals surface area contributed by atoms with Gasteiger partial charge in [-0.3, -0.25) is 4.90 Å². The van der Waals surface area contributed by atoms with Crippen molar-refractivity contribution in [1.82, 2.24) is 9.55 Å². The summed E-state index contributed by atoms with van der Waals surface area (Å²) in [6.45, 7) is 6.25. The second-order valence-electron chi connectivity index (χ2n) is 6.85. The van der Waals surface area contributed by atoms with E-state index in [4.69, 9.17) is 0 Å². The van der Waals surface area contributed by atoms with E-state index in [-0.39, 0.29) is 19.0 Å². The van der Waals surface area contributed by atoms with Gasteiger partial charge in [0.2, 0.25) is 0 Å². The van der Waals surface area contributed by atoms with Gasteiger partial charge in [0.1, 0.15) is 5.82 Å². The number of pyridine rings is 1. The summed E-state index contributed by atoms with van der Waals surface area (Å²) >= 11 is 0. The lowest BCUT2D eigenvalue weighted by Gasteiger charge is -2.21. The van der Waals surface area contributed by atoms with Gasteiger partial charge in [-0.15, -0.1) is 0 Å². The molecular weight excluding hydrogens is 361 g/mol. The zero-order valence-corrected chi connectivity index (χ0v) is 16.2. The summed E-state index contributed by atoms with van der Waals surface area (Å²) in [5.41, 5.74) is 3.74. The molecule has 7 heteroatoms. The van der Waals surface area contributed by atoms with Gasteiger partial charge >= 0.3 is 6.09 Å². The largest absolute Gasteiger partial charge is 0.465 e. The van der Waals surface area contributed by atoms with Gasteiger partial charge < -0.3 is 14.8 Å². The van der Waals surface area contributed by atoms with Gasteiger partial charge in [-0.05, 0) is 55.2 Å². The molecule has 0 aliphatic rings. The number of fused-ring (bicyclic) bond motifs is 1. The second-order valence-corrected chi connectivity index (χ2v) is 6.85. The van der Waals surface area contributed by atoms with Crippen LogP contribution in [0.15, 0.2) is 30.5 Å². The predicted molar refractivity (Wildman–Crippen MR) is 106 cm³/mol. The molecule has 0 unspecified atom stereocenters. The van der Waals surface area contributed by atoms with E-state index < -0.39 is 6.09 Å². The van der Waals surface area contributed by atoms with Crippen molar-refractivity contribution >= 4 is 22.8 Å². The van der Waals surface area contributed by atoms with Crippen LogP contribution in [0.2, 0.25) is 0 Å². The van der Waals surface area contributed by atoms with Gasteiger partial charge in [-0.25, -0.2) is 14.2 Å². The van der Waals surface area contributed by atoms with E-state index in [0.717, 1.165) is 23.1 Å². The van der Waals surface area contributed by atoms with Crippen molar-refractivity contribution in [2.24, 2.45) is 0 Å². The number of amides is 1. The number of carboxylic acid groups (broad SMARTS) is 1. The number of hydrogen-bond donors (Lipinski definition) is 2. The molecule has 0 saturated heterocycles. The Bertz CT molecular complexity index is 1030. The summed E-state index contributed by atoms with van der Waals surface area (Å²) < 4.78 is 15.4. The number of anilines is 1. The molecule has 0 spiro atoms. The molecule has 0 aliphatic heterocycles. The molecule has 6 nitrogen and oxygen atoms in total. The number of aliphatic hydroxyl groups excluding tert-OH is 1. The van der Waals surface area contributed by atoms with Crippen LogP contribution in [0.25, 0.3) is 10.9 Å². The Labute approximate surface area is 162 Å². The van der Waals surface area contributed by atoms with Crippen LogP contribution < -0.4 is 4.90 Å². The maximum atomic E-state index is 13.4. The highest BCUT2D eigenvalue weighted by molar-refractivity contribution is 5.99. The van der Waals surface area contributed by atoms with Crippen molar-refractivity contribution < 1.29 is 19.4 Å². The summed E-state index contributed by atoms with van der Waals surface area (Å²) in [5.74, 6) is -0.0478. The summed E-state index contributed by atoms with van der Waals surface area (Å²) in [6, 6.07) is 6.14. The minimum Gasteiger partial charge on any atom is -0.465 e. The third kappa shape index (κ3) is 3.45. The molecule has 0 radical (unpaired) electrons. The first-order valence-electron chi connectivity index (χ1n) is 9.22. The van der Waals surface area contributed by atoms with Crippen LogP contribution in [0.3, 0.4) is 0 Å². The molecule has 0 bridgehead atoms. The van der Waals surface area contributed by atoms with Crippen LogP contribution in [0.1, 0.15) is 35.7 Å². The van der Waals surface area contributed by atoms with Gasteiger partial charge in [-0.1, -0.05) is 13.0 Å². The predicted octanol–water partition coefficient (Wildman–Crippen LogP) is 4.38. The molecule has 0 fully saturated rings. The van der Waals surface area contributed by atoms with Gasteiger partial charge in [0.05, 0.1) is 18.7 Å².